The third-order valence-electron chi connectivity index (χ3n) is 8.32. The van der Waals surface area contributed by atoms with Gasteiger partial charge in [-0.2, -0.15) is 0 Å². The van der Waals surface area contributed by atoms with Gasteiger partial charge in [-0.3, -0.25) is 14.4 Å². The average Bonchev–Trinajstić information content (AvgIpc) is 3.64. The van der Waals surface area contributed by atoms with Gasteiger partial charge in [0, 0.05) is 79.8 Å². The van der Waals surface area contributed by atoms with Crippen LogP contribution in [0.2, 0.25) is 0 Å². The molecule has 0 bridgehead atoms. The average molecular weight is 653 g/mol. The van der Waals surface area contributed by atoms with Crippen LogP contribution >= 0.6 is 0 Å². The Hall–Kier alpha value is -5.84. The molecule has 244 valence electrons. The number of aliphatic hydroxyl groups excluding tert-OH is 1. The van der Waals surface area contributed by atoms with Gasteiger partial charge in [-0.05, 0) is 66.2 Å². The van der Waals surface area contributed by atoms with Crippen LogP contribution in [0.15, 0.2) is 114 Å². The Morgan fingerprint density at radius 3 is 2.06 bits per heavy atom. The van der Waals surface area contributed by atoms with E-state index in [1.54, 1.807) is 6.07 Å². The summed E-state index contributed by atoms with van der Waals surface area (Å²) in [4.78, 5) is 43.0. The van der Waals surface area contributed by atoms with Gasteiger partial charge in [-0.1, -0.05) is 24.3 Å². The summed E-state index contributed by atoms with van der Waals surface area (Å²) in [7, 11) is 0. The highest BCUT2D eigenvalue weighted by Crippen LogP contribution is 2.21. The number of carbonyl (C=O) groups excluding carboxylic acids is 2. The Morgan fingerprint density at radius 2 is 1.40 bits per heavy atom. The first-order valence-corrected chi connectivity index (χ1v) is 15.3. The van der Waals surface area contributed by atoms with Gasteiger partial charge in [0.25, 0.3) is 11.5 Å². The first-order chi connectivity index (χ1) is 23.2. The molecule has 3 aromatic carbocycles. The SMILES string of the molecule is O=C(C=C(O)c1cc(Cc2c(F)cccc2F)cn(Cc2ccccc2F)c1=O)C(=O)N1CCN(c2ccc(-n3cccc3)cc2)CC1. The molecular weight excluding hydrogens is 621 g/mol. The predicted octanol–water partition coefficient (Wildman–Crippen LogP) is 5.51. The van der Waals surface area contributed by atoms with E-state index in [0.717, 1.165) is 28.1 Å². The number of halogens is 3. The Bertz CT molecular complexity index is 2030. The number of anilines is 1. The highest BCUT2D eigenvalue weighted by atomic mass is 19.1. The summed E-state index contributed by atoms with van der Waals surface area (Å²) in [5, 5.41) is 11.0. The maximum absolute atomic E-state index is 14.5. The van der Waals surface area contributed by atoms with Crippen molar-refractivity contribution < 1.29 is 27.9 Å². The van der Waals surface area contributed by atoms with Crippen molar-refractivity contribution in [2.24, 2.45) is 0 Å². The van der Waals surface area contributed by atoms with Crippen LogP contribution in [0, 0.1) is 17.5 Å². The third kappa shape index (κ3) is 6.95. The monoisotopic (exact) mass is 652 g/mol. The lowest BCUT2D eigenvalue weighted by atomic mass is 10.0. The molecule has 6 rings (SSSR count). The summed E-state index contributed by atoms with van der Waals surface area (Å²) in [6, 6.07) is 22.3. The number of nitrogens with zero attached hydrogens (tertiary/aromatic N) is 4. The number of pyridine rings is 1. The van der Waals surface area contributed by atoms with Crippen LogP contribution in [0.3, 0.4) is 0 Å². The maximum Gasteiger partial charge on any atom is 0.294 e. The normalized spacial score (nSPS) is 13.5. The number of amides is 1. The smallest absolute Gasteiger partial charge is 0.294 e. The molecule has 1 aliphatic heterocycles. The largest absolute Gasteiger partial charge is 0.507 e. The first kappa shape index (κ1) is 32.1. The van der Waals surface area contributed by atoms with Crippen LogP contribution in [0.25, 0.3) is 11.4 Å². The second-order valence-electron chi connectivity index (χ2n) is 11.4. The molecule has 5 aromatic rings. The minimum Gasteiger partial charge on any atom is -0.507 e. The van der Waals surface area contributed by atoms with Gasteiger partial charge >= 0.3 is 0 Å². The summed E-state index contributed by atoms with van der Waals surface area (Å²) < 4.78 is 46.5. The molecule has 2 aromatic heterocycles. The Kier molecular flexibility index (Phi) is 9.29. The van der Waals surface area contributed by atoms with Crippen LogP contribution in [-0.4, -0.2) is 57.0 Å². The van der Waals surface area contributed by atoms with Crippen LogP contribution in [-0.2, 0) is 22.6 Å². The first-order valence-electron chi connectivity index (χ1n) is 15.3. The molecule has 1 N–H and O–H groups in total. The number of benzene rings is 3. The van der Waals surface area contributed by atoms with E-state index in [9.17, 15) is 32.7 Å². The highest BCUT2D eigenvalue weighted by molar-refractivity contribution is 6.41. The van der Waals surface area contributed by atoms with Crippen molar-refractivity contribution in [3.8, 4) is 5.69 Å². The zero-order valence-electron chi connectivity index (χ0n) is 25.7. The fourth-order valence-corrected chi connectivity index (χ4v) is 5.74. The molecule has 0 aliphatic carbocycles. The molecule has 0 atom stereocenters. The van der Waals surface area contributed by atoms with Gasteiger partial charge < -0.3 is 24.0 Å². The second-order valence-corrected chi connectivity index (χ2v) is 11.4. The Labute approximate surface area is 274 Å². The standard InChI is InChI=1S/C37H31F3N4O4/c38-31-7-2-1-6-26(31)24-44-23-25(20-29-32(39)8-5-9-33(29)40)21-30(36(44)47)34(45)22-35(46)37(48)43-18-16-42(17-19-43)28-12-10-27(11-13-28)41-14-3-4-15-41/h1-15,21-23,45H,16-20,24H2. The van der Waals surface area contributed by atoms with Crippen molar-refractivity contribution in [1.29, 1.82) is 0 Å². The number of hydrogen-bond donors (Lipinski definition) is 1. The zero-order valence-corrected chi connectivity index (χ0v) is 25.7. The molecule has 0 radical (unpaired) electrons. The Morgan fingerprint density at radius 1 is 0.771 bits per heavy atom. The van der Waals surface area contributed by atoms with Crippen molar-refractivity contribution >= 4 is 23.1 Å². The number of rotatable bonds is 9. The van der Waals surface area contributed by atoms with Crippen LogP contribution in [0.5, 0.6) is 0 Å². The van der Waals surface area contributed by atoms with Gasteiger partial charge in [0.15, 0.2) is 0 Å². The molecule has 1 fully saturated rings. The van der Waals surface area contributed by atoms with Gasteiger partial charge in [0.1, 0.15) is 23.2 Å². The lowest BCUT2D eigenvalue weighted by Gasteiger charge is -2.35. The molecule has 1 aliphatic rings. The fourth-order valence-electron chi connectivity index (χ4n) is 5.74. The second kappa shape index (κ2) is 13.9. The minimum atomic E-state index is -1.04. The van der Waals surface area contributed by atoms with Crippen molar-refractivity contribution in [1.82, 2.24) is 14.0 Å². The summed E-state index contributed by atoms with van der Waals surface area (Å²) >= 11 is 0. The predicted molar refractivity (Wildman–Crippen MR) is 176 cm³/mol. The van der Waals surface area contributed by atoms with Crippen molar-refractivity contribution in [2.75, 3.05) is 31.1 Å². The van der Waals surface area contributed by atoms with Crippen LogP contribution in [0.4, 0.5) is 18.9 Å². The molecule has 48 heavy (non-hydrogen) atoms. The van der Waals surface area contributed by atoms with E-state index in [4.69, 9.17) is 0 Å². The number of piperazine rings is 1. The number of ketones is 1. The van der Waals surface area contributed by atoms with Gasteiger partial charge in [0.05, 0.1) is 12.1 Å². The third-order valence-corrected chi connectivity index (χ3v) is 8.32. The number of carbonyl (C=O) groups is 2. The van der Waals surface area contributed by atoms with E-state index in [-0.39, 0.29) is 48.3 Å². The number of hydrogen-bond acceptors (Lipinski definition) is 5. The molecule has 11 heteroatoms. The molecule has 0 saturated carbocycles. The fraction of sp³-hybridized carbons (Fsp3) is 0.162. The van der Waals surface area contributed by atoms with E-state index in [1.807, 2.05) is 53.4 Å². The maximum atomic E-state index is 14.5. The highest BCUT2D eigenvalue weighted by Gasteiger charge is 2.26. The molecule has 1 saturated heterocycles. The lowest BCUT2D eigenvalue weighted by molar-refractivity contribution is -0.142. The van der Waals surface area contributed by atoms with Gasteiger partial charge in [-0.15, -0.1) is 0 Å². The lowest BCUT2D eigenvalue weighted by Crippen LogP contribution is -2.50. The van der Waals surface area contributed by atoms with Crippen molar-refractivity contribution in [2.45, 2.75) is 13.0 Å². The number of aromatic nitrogens is 2. The van der Waals surface area contributed by atoms with E-state index in [2.05, 4.69) is 4.90 Å². The molecule has 8 nitrogen and oxygen atoms in total. The Balaban J connectivity index is 1.20. The van der Waals surface area contributed by atoms with Gasteiger partial charge in [0.2, 0.25) is 5.78 Å². The van der Waals surface area contributed by atoms with E-state index < -0.39 is 40.5 Å². The zero-order chi connectivity index (χ0) is 33.8. The summed E-state index contributed by atoms with van der Waals surface area (Å²) in [6.07, 6.45) is 5.59. The molecule has 0 unspecified atom stereocenters. The van der Waals surface area contributed by atoms with Crippen LogP contribution in [0.1, 0.15) is 22.3 Å². The summed E-state index contributed by atoms with van der Waals surface area (Å²) in [5.41, 5.74) is 0.913. The van der Waals surface area contributed by atoms with E-state index in [0.29, 0.717) is 19.2 Å². The summed E-state index contributed by atoms with van der Waals surface area (Å²) in [6.45, 7) is 1.22. The quantitative estimate of drug-likeness (QED) is 0.129. The minimum absolute atomic E-state index is 0.158. The number of aliphatic hydroxyl groups is 1. The molecule has 1 amide bonds. The van der Waals surface area contributed by atoms with Crippen molar-refractivity contribution in [3.05, 3.63) is 160 Å². The van der Waals surface area contributed by atoms with E-state index >= 15 is 0 Å². The topological polar surface area (TPSA) is 87.8 Å². The molecule has 3 heterocycles. The van der Waals surface area contributed by atoms with E-state index in [1.165, 1.54) is 41.4 Å². The van der Waals surface area contributed by atoms with Gasteiger partial charge in [-0.25, -0.2) is 13.2 Å². The van der Waals surface area contributed by atoms with Crippen molar-refractivity contribution in [3.63, 3.8) is 0 Å². The summed E-state index contributed by atoms with van der Waals surface area (Å²) in [5.74, 6) is -4.87. The van der Waals surface area contributed by atoms with Crippen LogP contribution < -0.4 is 10.5 Å². The molecule has 0 spiro atoms. The molecular formula is C37H31F3N4O4.